The van der Waals surface area contributed by atoms with Gasteiger partial charge in [-0.05, 0) is 238 Å². The van der Waals surface area contributed by atoms with Crippen LogP contribution < -0.4 is 0 Å². The summed E-state index contributed by atoms with van der Waals surface area (Å²) in [4.78, 5) is 0. The minimum Gasteiger partial charge on any atom is -0.0999 e. The third-order valence-electron chi connectivity index (χ3n) is 26.0. The Morgan fingerprint density at radius 2 is 0.735 bits per heavy atom. The standard InChI is InChI=1S/C18H36.C18H34.2C16H32.C15H28/c2*1-13(2)14-10-11-18(9,17(6,7)8)15(12-14)16(3,4)5;1-15(2,3)13-11-9-7-8-10-12-14(13)16(4,5)6;1-8-12-9-10-13(15(2,3)4)14(11-12)16(5,6)7;1-14(2,3)12-10-7-8-11(9-10)13(12)15(4,5)6/h13-15H,10-12H2,1-9H3;14-15H,1,10-12H2,2-9H3;13-14H,7-12H2,1-6H3;12-14H,8-11H2,1-7H3;10-13H,7-9H2,1-6H3. The molecule has 0 spiro atoms. The lowest BCUT2D eigenvalue weighted by Gasteiger charge is -2.57. The fraction of sp³-hybridized carbons (Fsp3) is 0.976. The molecule has 0 aromatic rings. The smallest absolute Gasteiger partial charge is 0.0205 e. The maximum absolute atomic E-state index is 4.21. The van der Waals surface area contributed by atoms with Crippen molar-refractivity contribution < 1.29 is 0 Å². The van der Waals surface area contributed by atoms with Crippen LogP contribution in [0, 0.1) is 148 Å². The average Bonchev–Trinajstić information content (AvgIpc) is 4.17. The van der Waals surface area contributed by atoms with E-state index in [2.05, 4.69) is 256 Å². The Morgan fingerprint density at radius 3 is 1.04 bits per heavy atom. The maximum atomic E-state index is 4.21. The van der Waals surface area contributed by atoms with Crippen LogP contribution in [-0.4, -0.2) is 0 Å². The van der Waals surface area contributed by atoms with Crippen molar-refractivity contribution in [3.63, 3.8) is 0 Å². The molecule has 0 aromatic carbocycles. The zero-order valence-electron chi connectivity index (χ0n) is 64.7. The van der Waals surface area contributed by atoms with Crippen LogP contribution in [0.3, 0.4) is 0 Å². The lowest BCUT2D eigenvalue weighted by molar-refractivity contribution is -0.0787. The third-order valence-corrected chi connectivity index (χ3v) is 26.0. The molecule has 0 N–H and O–H groups in total. The first-order valence-corrected chi connectivity index (χ1v) is 36.5. The summed E-state index contributed by atoms with van der Waals surface area (Å²) in [7, 11) is 0. The summed E-state index contributed by atoms with van der Waals surface area (Å²) < 4.78 is 0. The van der Waals surface area contributed by atoms with Crippen molar-refractivity contribution in [1.29, 1.82) is 0 Å². The van der Waals surface area contributed by atoms with Crippen LogP contribution in [0.4, 0.5) is 0 Å². The molecular formula is C83H162. The van der Waals surface area contributed by atoms with Gasteiger partial charge in [-0.3, -0.25) is 0 Å². The van der Waals surface area contributed by atoms with E-state index in [1.165, 1.54) is 128 Å². The van der Waals surface area contributed by atoms with Gasteiger partial charge in [0, 0.05) is 0 Å². The zero-order valence-corrected chi connectivity index (χ0v) is 64.7. The molecule has 6 fully saturated rings. The molecule has 0 aromatic heterocycles. The molecule has 0 saturated heterocycles. The van der Waals surface area contributed by atoms with Crippen molar-refractivity contribution in [1.82, 2.24) is 0 Å². The Morgan fingerprint density at radius 1 is 0.386 bits per heavy atom. The van der Waals surface area contributed by atoms with Crippen LogP contribution in [-0.2, 0) is 0 Å². The first-order chi connectivity index (χ1) is 36.9. The average molecular weight is 1160 g/mol. The molecule has 0 aliphatic heterocycles. The Labute approximate surface area is 528 Å². The lowest BCUT2D eigenvalue weighted by Crippen LogP contribution is -2.49. The summed E-state index contributed by atoms with van der Waals surface area (Å²) in [5.41, 5.74) is 6.86. The first kappa shape index (κ1) is 78.8. The third kappa shape index (κ3) is 21.7. The summed E-state index contributed by atoms with van der Waals surface area (Å²) >= 11 is 0. The van der Waals surface area contributed by atoms with Crippen molar-refractivity contribution in [2.75, 3.05) is 0 Å². The molecule has 83 heavy (non-hydrogen) atoms. The quantitative estimate of drug-likeness (QED) is 0.247. The predicted molar refractivity (Wildman–Crippen MR) is 379 cm³/mol. The second-order valence-electron chi connectivity index (χ2n) is 42.4. The fourth-order valence-corrected chi connectivity index (χ4v) is 20.1. The summed E-state index contributed by atoms with van der Waals surface area (Å²) in [5, 5.41) is 0. The molecule has 6 aliphatic carbocycles. The summed E-state index contributed by atoms with van der Waals surface area (Å²) in [5.74, 6) is 12.8. The van der Waals surface area contributed by atoms with Crippen LogP contribution in [0.5, 0.6) is 0 Å². The van der Waals surface area contributed by atoms with E-state index >= 15 is 0 Å². The molecule has 2 bridgehead atoms. The van der Waals surface area contributed by atoms with Gasteiger partial charge in [-0.25, -0.2) is 0 Å². The van der Waals surface area contributed by atoms with E-state index < -0.39 is 0 Å². The van der Waals surface area contributed by atoms with E-state index in [0.29, 0.717) is 65.0 Å². The Bertz CT molecular complexity index is 1810. The molecule has 6 aliphatic rings. The Balaban J connectivity index is 0.000000355. The molecular weight excluding hydrogens is 997 g/mol. The van der Waals surface area contributed by atoms with E-state index in [0.717, 1.165) is 82.9 Å². The van der Waals surface area contributed by atoms with Crippen molar-refractivity contribution in [2.45, 2.75) is 371 Å². The molecule has 6 rings (SSSR count). The number of fused-ring (bicyclic) bond motifs is 2. The van der Waals surface area contributed by atoms with Crippen molar-refractivity contribution in [3.05, 3.63) is 12.2 Å². The maximum Gasteiger partial charge on any atom is -0.0205 e. The van der Waals surface area contributed by atoms with Crippen LogP contribution in [0.2, 0.25) is 0 Å². The molecule has 494 valence electrons. The molecule has 0 nitrogen and oxygen atoms in total. The number of hydrogen-bond acceptors (Lipinski definition) is 0. The van der Waals surface area contributed by atoms with Gasteiger partial charge in [0.2, 0.25) is 0 Å². The predicted octanol–water partition coefficient (Wildman–Crippen LogP) is 28.2. The minimum atomic E-state index is 0.380. The van der Waals surface area contributed by atoms with Crippen molar-refractivity contribution in [3.8, 4) is 0 Å². The monoisotopic (exact) mass is 1160 g/mol. The van der Waals surface area contributed by atoms with Crippen molar-refractivity contribution >= 4 is 0 Å². The summed E-state index contributed by atoms with van der Waals surface area (Å²) in [6.45, 7) is 91.9. The Kier molecular flexibility index (Phi) is 27.5. The highest BCUT2D eigenvalue weighted by Crippen LogP contribution is 2.64. The summed E-state index contributed by atoms with van der Waals surface area (Å²) in [6.07, 6.45) is 27.3. The van der Waals surface area contributed by atoms with Gasteiger partial charge < -0.3 is 0 Å². The van der Waals surface area contributed by atoms with E-state index in [4.69, 9.17) is 0 Å². The molecule has 0 amide bonds. The molecule has 0 heteroatoms. The van der Waals surface area contributed by atoms with Crippen molar-refractivity contribution in [2.24, 2.45) is 148 Å². The topological polar surface area (TPSA) is 0 Å². The van der Waals surface area contributed by atoms with Gasteiger partial charge in [0.05, 0.1) is 0 Å². The lowest BCUT2D eigenvalue weighted by atomic mass is 9.48. The van der Waals surface area contributed by atoms with Gasteiger partial charge in [0.15, 0.2) is 0 Å². The van der Waals surface area contributed by atoms with Gasteiger partial charge in [-0.2, -0.15) is 0 Å². The van der Waals surface area contributed by atoms with Crippen LogP contribution in [0.25, 0.3) is 0 Å². The highest BCUT2D eigenvalue weighted by atomic mass is 14.6. The van der Waals surface area contributed by atoms with Gasteiger partial charge in [-0.15, -0.1) is 0 Å². The minimum absolute atomic E-state index is 0.380. The van der Waals surface area contributed by atoms with E-state index in [1.54, 1.807) is 0 Å². The second-order valence-corrected chi connectivity index (χ2v) is 42.4. The van der Waals surface area contributed by atoms with Gasteiger partial charge in [0.25, 0.3) is 0 Å². The zero-order chi connectivity index (χ0) is 65.1. The second kappa shape index (κ2) is 28.9. The van der Waals surface area contributed by atoms with Gasteiger partial charge >= 0.3 is 0 Å². The number of hydrogen-bond donors (Lipinski definition) is 0. The Hall–Kier alpha value is -0.260. The van der Waals surface area contributed by atoms with Gasteiger partial charge in [0.1, 0.15) is 0 Å². The van der Waals surface area contributed by atoms with Crippen LogP contribution in [0.1, 0.15) is 371 Å². The molecule has 15 atom stereocenters. The van der Waals surface area contributed by atoms with Crippen LogP contribution >= 0.6 is 0 Å². The summed E-state index contributed by atoms with van der Waals surface area (Å²) in [6, 6.07) is 0. The first-order valence-electron chi connectivity index (χ1n) is 36.5. The molecule has 0 radical (unpaired) electrons. The van der Waals surface area contributed by atoms with Crippen LogP contribution in [0.15, 0.2) is 12.2 Å². The van der Waals surface area contributed by atoms with E-state index in [1.807, 2.05) is 0 Å². The molecule has 6 saturated carbocycles. The number of rotatable bonds is 3. The fourth-order valence-electron chi connectivity index (χ4n) is 20.1. The largest absolute Gasteiger partial charge is 0.0999 e. The van der Waals surface area contributed by atoms with E-state index in [-0.39, 0.29) is 0 Å². The highest BCUT2D eigenvalue weighted by Gasteiger charge is 2.56. The normalized spacial score (nSPS) is 34.5. The van der Waals surface area contributed by atoms with Gasteiger partial charge in [-0.1, -0.05) is 293 Å². The number of allylic oxidation sites excluding steroid dienone is 1. The highest BCUT2D eigenvalue weighted by molar-refractivity contribution is 5.08. The SMILES string of the molecule is C=C(C)C1CCC(C)(C(C)(C)C)C(C(C)(C)C)C1.CC(C)(C)C1C2CCC(C2)C1C(C)(C)C.CC(C)(C)C1CCCCCCC1C(C)(C)C.CC(C)C1CCC(C)(C(C)(C)C)C(C(C)(C)C)C1.CCC1CCC(C(C)(C)C)C(C(C)(C)C)C1. The van der Waals surface area contributed by atoms with E-state index in [9.17, 15) is 0 Å². The molecule has 0 heterocycles. The molecule has 15 unspecified atom stereocenters.